The summed E-state index contributed by atoms with van der Waals surface area (Å²) in [6.45, 7) is 0.679. The first kappa shape index (κ1) is 16.4. The van der Waals surface area contributed by atoms with Crippen LogP contribution in [0.3, 0.4) is 0 Å². The second kappa shape index (κ2) is 8.38. The average Bonchev–Trinajstić information content (AvgIpc) is 3.01. The van der Waals surface area contributed by atoms with Gasteiger partial charge in [0.25, 0.3) is 0 Å². The summed E-state index contributed by atoms with van der Waals surface area (Å²) in [7, 11) is 0. The molecule has 1 aromatic heterocycles. The van der Waals surface area contributed by atoms with E-state index in [-0.39, 0.29) is 5.91 Å². The molecule has 3 aromatic rings. The summed E-state index contributed by atoms with van der Waals surface area (Å²) in [6.07, 6.45) is 0. The van der Waals surface area contributed by atoms with Crippen LogP contribution < -0.4 is 5.32 Å². The highest BCUT2D eigenvalue weighted by Crippen LogP contribution is 2.29. The summed E-state index contributed by atoms with van der Waals surface area (Å²) in [5.41, 5.74) is 1.000. The Bertz CT molecular complexity index is 741. The first-order valence-corrected chi connectivity index (χ1v) is 10.0. The van der Waals surface area contributed by atoms with Crippen LogP contribution in [0.4, 0.5) is 0 Å². The van der Waals surface area contributed by atoms with Crippen LogP contribution in [0.15, 0.2) is 63.8 Å². The number of carbonyl (C=O) groups excluding carboxylic acids is 1. The number of amides is 1. The van der Waals surface area contributed by atoms with Crippen molar-refractivity contribution in [3.8, 4) is 0 Å². The predicted octanol–water partition coefficient (Wildman–Crippen LogP) is 4.30. The Labute approximate surface area is 147 Å². The van der Waals surface area contributed by atoms with E-state index in [2.05, 4.69) is 28.5 Å². The van der Waals surface area contributed by atoms with Crippen molar-refractivity contribution in [1.29, 1.82) is 0 Å². The zero-order valence-electron chi connectivity index (χ0n) is 12.4. The van der Waals surface area contributed by atoms with Crippen molar-refractivity contribution in [1.82, 2.24) is 10.3 Å². The monoisotopic (exact) mass is 360 g/mol. The minimum absolute atomic E-state index is 0.0583. The van der Waals surface area contributed by atoms with E-state index >= 15 is 0 Å². The van der Waals surface area contributed by atoms with Crippen LogP contribution in [0.5, 0.6) is 0 Å². The Morgan fingerprint density at radius 1 is 1.04 bits per heavy atom. The lowest BCUT2D eigenvalue weighted by Crippen LogP contribution is -2.27. The number of hydrogen-bond acceptors (Lipinski definition) is 5. The smallest absolute Gasteiger partial charge is 0.230 e. The third-order valence-corrected chi connectivity index (χ3v) is 6.23. The summed E-state index contributed by atoms with van der Waals surface area (Å²) in [6, 6.07) is 18.2. The Morgan fingerprint density at radius 3 is 2.65 bits per heavy atom. The molecule has 3 nitrogen and oxygen atoms in total. The molecule has 118 valence electrons. The minimum atomic E-state index is 0.0583. The largest absolute Gasteiger partial charge is 0.355 e. The van der Waals surface area contributed by atoms with E-state index in [0.717, 1.165) is 20.3 Å². The standard InChI is InChI=1S/C17H16N2OS3/c20-16(18-10-11-21-13-6-2-1-3-7-13)12-22-17-19-14-8-4-5-9-15(14)23-17/h1-9H,10-12H2,(H,18,20). The lowest BCUT2D eigenvalue weighted by Gasteiger charge is -2.04. The number of fused-ring (bicyclic) bond motifs is 1. The number of hydrogen-bond donors (Lipinski definition) is 1. The second-order valence-electron chi connectivity index (χ2n) is 4.75. The molecule has 0 saturated heterocycles. The summed E-state index contributed by atoms with van der Waals surface area (Å²) < 4.78 is 2.11. The van der Waals surface area contributed by atoms with E-state index in [9.17, 15) is 4.79 Å². The summed E-state index contributed by atoms with van der Waals surface area (Å²) in [5.74, 6) is 1.35. The summed E-state index contributed by atoms with van der Waals surface area (Å²) >= 11 is 4.88. The maximum Gasteiger partial charge on any atom is 0.230 e. The second-order valence-corrected chi connectivity index (χ2v) is 8.17. The van der Waals surface area contributed by atoms with E-state index in [1.54, 1.807) is 23.1 Å². The fourth-order valence-corrected chi connectivity index (χ4v) is 4.65. The highest BCUT2D eigenvalue weighted by Gasteiger charge is 2.07. The van der Waals surface area contributed by atoms with Gasteiger partial charge in [-0.2, -0.15) is 0 Å². The van der Waals surface area contributed by atoms with Gasteiger partial charge in [0, 0.05) is 17.2 Å². The van der Waals surface area contributed by atoms with Gasteiger partial charge in [-0.15, -0.1) is 23.1 Å². The molecule has 0 fully saturated rings. The minimum Gasteiger partial charge on any atom is -0.355 e. The predicted molar refractivity (Wildman–Crippen MR) is 101 cm³/mol. The van der Waals surface area contributed by atoms with Gasteiger partial charge in [0.15, 0.2) is 4.34 Å². The SMILES string of the molecule is O=C(CSc1nc2ccccc2s1)NCCSc1ccccc1. The van der Waals surface area contributed by atoms with Crippen molar-refractivity contribution in [3.63, 3.8) is 0 Å². The maximum absolute atomic E-state index is 11.9. The highest BCUT2D eigenvalue weighted by molar-refractivity contribution is 8.01. The maximum atomic E-state index is 11.9. The molecule has 0 aliphatic heterocycles. The van der Waals surface area contributed by atoms with Gasteiger partial charge in [0.2, 0.25) is 5.91 Å². The number of aromatic nitrogens is 1. The van der Waals surface area contributed by atoms with Gasteiger partial charge in [-0.1, -0.05) is 42.1 Å². The van der Waals surface area contributed by atoms with Gasteiger partial charge < -0.3 is 5.32 Å². The Morgan fingerprint density at radius 2 is 1.83 bits per heavy atom. The molecule has 0 aliphatic rings. The van der Waals surface area contributed by atoms with E-state index in [1.807, 2.05) is 36.4 Å². The van der Waals surface area contributed by atoms with Crippen molar-refractivity contribution in [3.05, 3.63) is 54.6 Å². The van der Waals surface area contributed by atoms with Crippen molar-refractivity contribution in [2.75, 3.05) is 18.1 Å². The lowest BCUT2D eigenvalue weighted by atomic mass is 10.3. The van der Waals surface area contributed by atoms with Crippen LogP contribution in [0, 0.1) is 0 Å². The fraction of sp³-hybridized carbons (Fsp3) is 0.176. The molecule has 1 N–H and O–H groups in total. The first-order chi connectivity index (χ1) is 11.3. The zero-order chi connectivity index (χ0) is 15.9. The molecule has 0 unspecified atom stereocenters. The van der Waals surface area contributed by atoms with Crippen molar-refractivity contribution < 1.29 is 4.79 Å². The molecule has 23 heavy (non-hydrogen) atoms. The van der Waals surface area contributed by atoms with Crippen molar-refractivity contribution >= 4 is 51.0 Å². The van der Waals surface area contributed by atoms with Crippen LogP contribution in [-0.2, 0) is 4.79 Å². The number of nitrogens with zero attached hydrogens (tertiary/aromatic N) is 1. The molecule has 3 rings (SSSR count). The topological polar surface area (TPSA) is 42.0 Å². The third kappa shape index (κ3) is 4.99. The average molecular weight is 361 g/mol. The number of nitrogens with one attached hydrogen (secondary N) is 1. The van der Waals surface area contributed by atoms with Crippen LogP contribution in [0.25, 0.3) is 10.2 Å². The van der Waals surface area contributed by atoms with Crippen LogP contribution in [0.2, 0.25) is 0 Å². The molecular weight excluding hydrogens is 344 g/mol. The van der Waals surface area contributed by atoms with Gasteiger partial charge in [0.05, 0.1) is 16.0 Å². The Balaban J connectivity index is 1.38. The molecule has 6 heteroatoms. The van der Waals surface area contributed by atoms with Gasteiger partial charge >= 0.3 is 0 Å². The van der Waals surface area contributed by atoms with Gasteiger partial charge in [-0.25, -0.2) is 4.98 Å². The van der Waals surface area contributed by atoms with Crippen molar-refractivity contribution in [2.45, 2.75) is 9.24 Å². The number of carbonyl (C=O) groups is 1. The molecule has 2 aromatic carbocycles. The van der Waals surface area contributed by atoms with Gasteiger partial charge in [0.1, 0.15) is 0 Å². The number of para-hydroxylation sites is 1. The number of rotatable bonds is 7. The van der Waals surface area contributed by atoms with Crippen LogP contribution in [0.1, 0.15) is 0 Å². The van der Waals surface area contributed by atoms with Crippen LogP contribution >= 0.6 is 34.9 Å². The lowest BCUT2D eigenvalue weighted by molar-refractivity contribution is -0.118. The van der Waals surface area contributed by atoms with Gasteiger partial charge in [-0.05, 0) is 24.3 Å². The Kier molecular flexibility index (Phi) is 5.96. The summed E-state index contributed by atoms with van der Waals surface area (Å²) in [4.78, 5) is 17.6. The first-order valence-electron chi connectivity index (χ1n) is 7.24. The molecule has 1 amide bonds. The van der Waals surface area contributed by atoms with E-state index < -0.39 is 0 Å². The third-order valence-electron chi connectivity index (χ3n) is 3.04. The number of thiazole rings is 1. The number of thioether (sulfide) groups is 2. The molecule has 0 spiro atoms. The normalized spacial score (nSPS) is 10.8. The zero-order valence-corrected chi connectivity index (χ0v) is 14.8. The van der Waals surface area contributed by atoms with E-state index in [1.165, 1.54) is 16.7 Å². The molecule has 0 bridgehead atoms. The fourth-order valence-electron chi connectivity index (χ4n) is 1.97. The molecule has 0 saturated carbocycles. The van der Waals surface area contributed by atoms with E-state index in [4.69, 9.17) is 0 Å². The van der Waals surface area contributed by atoms with Gasteiger partial charge in [-0.3, -0.25) is 4.79 Å². The summed E-state index contributed by atoms with van der Waals surface area (Å²) in [5, 5.41) is 2.95. The van der Waals surface area contributed by atoms with Crippen molar-refractivity contribution in [2.24, 2.45) is 0 Å². The quantitative estimate of drug-likeness (QED) is 0.504. The highest BCUT2D eigenvalue weighted by atomic mass is 32.2. The molecule has 0 radical (unpaired) electrons. The Hall–Kier alpha value is -1.50. The molecule has 1 heterocycles. The van der Waals surface area contributed by atoms with Crippen LogP contribution in [-0.4, -0.2) is 28.9 Å². The molecule has 0 atom stereocenters. The molecule has 0 aliphatic carbocycles. The van der Waals surface area contributed by atoms with E-state index in [0.29, 0.717) is 12.3 Å². The number of benzene rings is 2. The molecular formula is C17H16N2OS3.